The Kier molecular flexibility index (Phi) is 6.96. The zero-order chi connectivity index (χ0) is 35.1. The fourth-order valence-electron chi connectivity index (χ4n) is 11.1. The largest absolute Gasteiger partial charge is 0.208 e. The van der Waals surface area contributed by atoms with Gasteiger partial charge in [-0.15, -0.1) is 0 Å². The van der Waals surface area contributed by atoms with Crippen molar-refractivity contribution >= 4 is 0 Å². The number of hydrogen-bond donors (Lipinski definition) is 0. The lowest BCUT2D eigenvalue weighted by molar-refractivity contribution is -0.0399. The normalized spacial score (nSPS) is 23.3. The summed E-state index contributed by atoms with van der Waals surface area (Å²) in [4.78, 5) is 15.3. The Balaban J connectivity index is 1.11. The molecule has 6 aromatic carbocycles. The molecule has 0 radical (unpaired) electrons. The van der Waals surface area contributed by atoms with Gasteiger partial charge in [0.1, 0.15) is 0 Å². The smallest absolute Gasteiger partial charge is 0.164 e. The highest BCUT2D eigenvalue weighted by molar-refractivity contribution is 5.87. The second kappa shape index (κ2) is 11.9. The van der Waals surface area contributed by atoms with E-state index in [1.165, 1.54) is 65.5 Å². The van der Waals surface area contributed by atoms with Gasteiger partial charge < -0.3 is 0 Å². The minimum Gasteiger partial charge on any atom is -0.208 e. The summed E-state index contributed by atoms with van der Waals surface area (Å²) in [5.41, 5.74) is 15.2. The number of rotatable bonds is 5. The summed E-state index contributed by atoms with van der Waals surface area (Å²) in [6.07, 6.45) is 6.98. The van der Waals surface area contributed by atoms with Crippen LogP contribution in [0.15, 0.2) is 146 Å². The molecule has 256 valence electrons. The Bertz CT molecular complexity index is 2430. The predicted octanol–water partition coefficient (Wildman–Crippen LogP) is 12.2. The molecule has 1 aromatic heterocycles. The van der Waals surface area contributed by atoms with E-state index in [-0.39, 0.29) is 5.41 Å². The van der Waals surface area contributed by atoms with E-state index in [0.717, 1.165) is 45.9 Å². The molecule has 53 heavy (non-hydrogen) atoms. The fourth-order valence-corrected chi connectivity index (χ4v) is 11.1. The van der Waals surface area contributed by atoms with Gasteiger partial charge in [-0.3, -0.25) is 0 Å². The van der Waals surface area contributed by atoms with Crippen LogP contribution in [0.25, 0.3) is 67.5 Å². The van der Waals surface area contributed by atoms with Gasteiger partial charge >= 0.3 is 0 Å². The van der Waals surface area contributed by atoms with E-state index >= 15 is 0 Å². The van der Waals surface area contributed by atoms with Crippen LogP contribution in [0.5, 0.6) is 0 Å². The topological polar surface area (TPSA) is 38.7 Å². The third-order valence-corrected chi connectivity index (χ3v) is 13.2. The molecule has 5 aliphatic rings. The fraction of sp³-hybridized carbons (Fsp3) is 0.220. The van der Waals surface area contributed by atoms with E-state index in [9.17, 15) is 0 Å². The van der Waals surface area contributed by atoms with Crippen LogP contribution in [0, 0.1) is 30.6 Å². The predicted molar refractivity (Wildman–Crippen MR) is 215 cm³/mol. The minimum atomic E-state index is 0.121. The summed E-state index contributed by atoms with van der Waals surface area (Å²) in [7, 11) is 0. The molecule has 1 spiro atoms. The molecule has 1 heterocycles. The Morgan fingerprint density at radius 3 is 1.51 bits per heavy atom. The lowest BCUT2D eigenvalue weighted by Crippen LogP contribution is -2.55. The molecular weight excluding hydrogens is 643 g/mol. The van der Waals surface area contributed by atoms with Gasteiger partial charge in [0.15, 0.2) is 17.5 Å². The molecule has 0 N–H and O–H groups in total. The van der Waals surface area contributed by atoms with Crippen LogP contribution in [0.2, 0.25) is 0 Å². The van der Waals surface area contributed by atoms with E-state index in [1.54, 1.807) is 11.1 Å². The Morgan fingerprint density at radius 2 is 0.887 bits per heavy atom. The van der Waals surface area contributed by atoms with Crippen LogP contribution >= 0.6 is 0 Å². The number of hydrogen-bond acceptors (Lipinski definition) is 3. The minimum absolute atomic E-state index is 0.121. The van der Waals surface area contributed by atoms with Crippen molar-refractivity contribution in [3.8, 4) is 67.5 Å². The average Bonchev–Trinajstić information content (AvgIpc) is 3.50. The molecule has 4 fully saturated rings. The van der Waals surface area contributed by atoms with Crippen molar-refractivity contribution in [2.45, 2.75) is 44.4 Å². The van der Waals surface area contributed by atoms with Crippen LogP contribution in [-0.2, 0) is 5.41 Å². The van der Waals surface area contributed by atoms with E-state index < -0.39 is 0 Å². The second-order valence-corrected chi connectivity index (χ2v) is 16.2. The molecule has 0 atom stereocenters. The SMILES string of the molecule is Cc1ccc(-c2cc(-c3ccc4c(c3)C3(c5ccccc5-4)C4CC5CC(C4)CC3C5)cc(-c3nc(-c4ccccc4)nc(-c4ccccc4)n3)c2)cc1. The first kappa shape index (κ1) is 30.9. The molecule has 0 amide bonds. The highest BCUT2D eigenvalue weighted by Crippen LogP contribution is 2.69. The van der Waals surface area contributed by atoms with Gasteiger partial charge in [-0.25, -0.2) is 15.0 Å². The molecule has 3 heteroatoms. The van der Waals surface area contributed by atoms with Crippen molar-refractivity contribution in [3.63, 3.8) is 0 Å². The molecule has 0 unspecified atom stereocenters. The van der Waals surface area contributed by atoms with Gasteiger partial charge in [0.2, 0.25) is 0 Å². The van der Waals surface area contributed by atoms with Crippen LogP contribution in [0.1, 0.15) is 48.8 Å². The van der Waals surface area contributed by atoms with Gasteiger partial charge in [0, 0.05) is 22.1 Å². The van der Waals surface area contributed by atoms with Crippen LogP contribution in [-0.4, -0.2) is 15.0 Å². The maximum absolute atomic E-state index is 5.16. The number of nitrogens with zero attached hydrogens (tertiary/aromatic N) is 3. The molecule has 0 saturated heterocycles. The first-order chi connectivity index (χ1) is 26.1. The van der Waals surface area contributed by atoms with Gasteiger partial charge in [0.05, 0.1) is 0 Å². The number of fused-ring (bicyclic) bond motifs is 3. The van der Waals surface area contributed by atoms with Crippen molar-refractivity contribution in [3.05, 3.63) is 162 Å². The summed E-state index contributed by atoms with van der Waals surface area (Å²) < 4.78 is 0. The third-order valence-electron chi connectivity index (χ3n) is 13.2. The molecule has 7 aromatic rings. The molecule has 0 aliphatic heterocycles. The van der Waals surface area contributed by atoms with Gasteiger partial charge in [0.25, 0.3) is 0 Å². The van der Waals surface area contributed by atoms with Crippen molar-refractivity contribution < 1.29 is 0 Å². The van der Waals surface area contributed by atoms with Crippen molar-refractivity contribution in [2.75, 3.05) is 0 Å². The lowest BCUT2D eigenvalue weighted by atomic mass is 9.43. The molecular formula is C50H41N3. The Labute approximate surface area is 311 Å². The van der Waals surface area contributed by atoms with Crippen LogP contribution in [0.4, 0.5) is 0 Å². The quantitative estimate of drug-likeness (QED) is 0.181. The van der Waals surface area contributed by atoms with Crippen molar-refractivity contribution in [2.24, 2.45) is 23.7 Å². The maximum Gasteiger partial charge on any atom is 0.164 e. The number of benzene rings is 6. The Hall–Kier alpha value is -5.67. The molecule has 12 rings (SSSR count). The van der Waals surface area contributed by atoms with E-state index in [1.807, 2.05) is 36.4 Å². The Morgan fingerprint density at radius 1 is 0.396 bits per heavy atom. The highest BCUT2D eigenvalue weighted by Gasteiger charge is 2.61. The standard InChI is InChI=1S/C50H41N3/c1-31-16-18-34(19-17-31)38-27-39(29-40(28-38)49-52-47(35-10-4-2-5-11-35)51-48(53-49)36-12-6-3-7-13-36)37-20-21-44-43-14-8-9-15-45(43)50(46(44)30-37)41-23-32-22-33(25-41)26-42(50)24-32/h2-21,27-30,32-33,41-42H,22-26H2,1H3. The highest BCUT2D eigenvalue weighted by atomic mass is 15.0. The van der Waals surface area contributed by atoms with Crippen LogP contribution < -0.4 is 0 Å². The molecule has 4 saturated carbocycles. The van der Waals surface area contributed by atoms with Gasteiger partial charge in [-0.05, 0) is 131 Å². The van der Waals surface area contributed by atoms with E-state index in [0.29, 0.717) is 17.5 Å². The summed E-state index contributed by atoms with van der Waals surface area (Å²) in [6.45, 7) is 2.15. The van der Waals surface area contributed by atoms with E-state index in [4.69, 9.17) is 15.0 Å². The summed E-state index contributed by atoms with van der Waals surface area (Å²) in [6, 6.07) is 53.1. The third kappa shape index (κ3) is 4.90. The molecule has 3 nitrogen and oxygen atoms in total. The first-order valence-electron chi connectivity index (χ1n) is 19.4. The van der Waals surface area contributed by atoms with Gasteiger partial charge in [-0.1, -0.05) is 127 Å². The number of aryl methyl sites for hydroxylation is 1. The zero-order valence-electron chi connectivity index (χ0n) is 30.0. The average molecular weight is 684 g/mol. The van der Waals surface area contributed by atoms with Crippen molar-refractivity contribution in [1.29, 1.82) is 0 Å². The lowest BCUT2D eigenvalue weighted by Gasteiger charge is -2.61. The van der Waals surface area contributed by atoms with E-state index in [2.05, 4.69) is 116 Å². The monoisotopic (exact) mass is 683 g/mol. The zero-order valence-corrected chi connectivity index (χ0v) is 30.0. The number of aromatic nitrogens is 3. The summed E-state index contributed by atoms with van der Waals surface area (Å²) in [5.74, 6) is 5.31. The van der Waals surface area contributed by atoms with Crippen LogP contribution in [0.3, 0.4) is 0 Å². The second-order valence-electron chi connectivity index (χ2n) is 16.2. The first-order valence-corrected chi connectivity index (χ1v) is 19.4. The summed E-state index contributed by atoms with van der Waals surface area (Å²) in [5, 5.41) is 0. The summed E-state index contributed by atoms with van der Waals surface area (Å²) >= 11 is 0. The van der Waals surface area contributed by atoms with Gasteiger partial charge in [-0.2, -0.15) is 0 Å². The molecule has 4 bridgehead atoms. The molecule has 5 aliphatic carbocycles. The maximum atomic E-state index is 5.16. The van der Waals surface area contributed by atoms with Crippen molar-refractivity contribution in [1.82, 2.24) is 15.0 Å².